The number of nitrogens with zero attached hydrogens (tertiary/aromatic N) is 3. The van der Waals surface area contributed by atoms with Crippen molar-refractivity contribution in [3.63, 3.8) is 0 Å². The second-order valence-electron chi connectivity index (χ2n) is 5.30. The van der Waals surface area contributed by atoms with Crippen LogP contribution in [0.2, 0.25) is 0 Å². The molecule has 19 heavy (non-hydrogen) atoms. The predicted molar refractivity (Wildman–Crippen MR) is 69.4 cm³/mol. The number of rotatable bonds is 7. The van der Waals surface area contributed by atoms with Crippen molar-refractivity contribution in [2.24, 2.45) is 0 Å². The van der Waals surface area contributed by atoms with E-state index in [1.165, 1.54) is 19.3 Å². The van der Waals surface area contributed by atoms with Crippen molar-refractivity contribution >= 4 is 0 Å². The standard InChI is InChI=1S/C13H22N4O2/c1-2-7-18-13(3-1)19-8-6-17-10-12(15-16-17)9-14-11-4-5-11/h10-11,13-14H,1-9H2. The molecule has 1 aromatic heterocycles. The molecule has 1 aliphatic carbocycles. The summed E-state index contributed by atoms with van der Waals surface area (Å²) < 4.78 is 13.0. The van der Waals surface area contributed by atoms with E-state index in [4.69, 9.17) is 9.47 Å². The van der Waals surface area contributed by atoms with Gasteiger partial charge in [-0.1, -0.05) is 5.21 Å². The molecule has 1 unspecified atom stereocenters. The number of ether oxygens (including phenoxy) is 2. The molecule has 0 spiro atoms. The SMILES string of the molecule is c1c(CNC2CC2)nnn1CCOC1CCCCO1. The molecule has 6 heteroatoms. The molecule has 6 nitrogen and oxygen atoms in total. The first-order chi connectivity index (χ1) is 9.40. The molecule has 1 saturated heterocycles. The molecule has 0 radical (unpaired) electrons. The quantitative estimate of drug-likeness (QED) is 0.800. The van der Waals surface area contributed by atoms with E-state index in [0.717, 1.165) is 38.2 Å². The Balaban J connectivity index is 1.34. The lowest BCUT2D eigenvalue weighted by Gasteiger charge is -2.22. The van der Waals surface area contributed by atoms with Gasteiger partial charge in [-0.15, -0.1) is 5.10 Å². The molecule has 106 valence electrons. The molecule has 1 aromatic rings. The highest BCUT2D eigenvalue weighted by Gasteiger charge is 2.20. The second kappa shape index (κ2) is 6.45. The Morgan fingerprint density at radius 1 is 1.37 bits per heavy atom. The predicted octanol–water partition coefficient (Wildman–Crippen LogP) is 1.07. The van der Waals surface area contributed by atoms with Crippen molar-refractivity contribution in [1.82, 2.24) is 20.3 Å². The van der Waals surface area contributed by atoms with Crippen molar-refractivity contribution in [3.8, 4) is 0 Å². The number of hydrogen-bond acceptors (Lipinski definition) is 5. The maximum atomic E-state index is 5.68. The van der Waals surface area contributed by atoms with Gasteiger partial charge in [0.15, 0.2) is 6.29 Å². The van der Waals surface area contributed by atoms with Crippen LogP contribution in [0.1, 0.15) is 37.8 Å². The zero-order chi connectivity index (χ0) is 12.9. The summed E-state index contributed by atoms with van der Waals surface area (Å²) in [4.78, 5) is 0. The van der Waals surface area contributed by atoms with Gasteiger partial charge >= 0.3 is 0 Å². The van der Waals surface area contributed by atoms with Crippen LogP contribution in [0, 0.1) is 0 Å². The van der Waals surface area contributed by atoms with Crippen LogP contribution < -0.4 is 5.32 Å². The van der Waals surface area contributed by atoms with E-state index in [0.29, 0.717) is 12.6 Å². The first-order valence-corrected chi connectivity index (χ1v) is 7.26. The molecular weight excluding hydrogens is 244 g/mol. The van der Waals surface area contributed by atoms with Crippen molar-refractivity contribution < 1.29 is 9.47 Å². The first-order valence-electron chi connectivity index (χ1n) is 7.26. The van der Waals surface area contributed by atoms with Crippen LogP contribution in [0.5, 0.6) is 0 Å². The lowest BCUT2D eigenvalue weighted by Crippen LogP contribution is -2.24. The Hall–Kier alpha value is -0.980. The average molecular weight is 266 g/mol. The monoisotopic (exact) mass is 266 g/mol. The Bertz CT molecular complexity index is 386. The Kier molecular flexibility index (Phi) is 4.42. The fourth-order valence-electron chi connectivity index (χ4n) is 2.19. The Morgan fingerprint density at radius 2 is 2.32 bits per heavy atom. The zero-order valence-corrected chi connectivity index (χ0v) is 11.3. The minimum atomic E-state index is -0.0201. The van der Waals surface area contributed by atoms with Gasteiger partial charge in [-0.25, -0.2) is 4.68 Å². The highest BCUT2D eigenvalue weighted by Crippen LogP contribution is 2.18. The van der Waals surface area contributed by atoms with E-state index in [1.807, 2.05) is 10.9 Å². The van der Waals surface area contributed by atoms with Crippen LogP contribution in [0.3, 0.4) is 0 Å². The third-order valence-electron chi connectivity index (χ3n) is 3.50. The van der Waals surface area contributed by atoms with E-state index in [9.17, 15) is 0 Å². The van der Waals surface area contributed by atoms with E-state index in [1.54, 1.807) is 0 Å². The zero-order valence-electron chi connectivity index (χ0n) is 11.3. The maximum absolute atomic E-state index is 5.68. The second-order valence-corrected chi connectivity index (χ2v) is 5.30. The van der Waals surface area contributed by atoms with Crippen LogP contribution in [0.15, 0.2) is 6.20 Å². The van der Waals surface area contributed by atoms with Crippen molar-refractivity contribution in [3.05, 3.63) is 11.9 Å². The van der Waals surface area contributed by atoms with Crippen molar-refractivity contribution in [1.29, 1.82) is 0 Å². The van der Waals surface area contributed by atoms with Crippen LogP contribution in [-0.4, -0.2) is 40.5 Å². The maximum Gasteiger partial charge on any atom is 0.157 e. The number of nitrogens with one attached hydrogen (secondary N) is 1. The van der Waals surface area contributed by atoms with Gasteiger partial charge in [0.25, 0.3) is 0 Å². The molecule has 2 fully saturated rings. The topological polar surface area (TPSA) is 61.2 Å². The fraction of sp³-hybridized carbons (Fsp3) is 0.846. The summed E-state index contributed by atoms with van der Waals surface area (Å²) in [6.45, 7) is 3.00. The molecule has 0 bridgehead atoms. The van der Waals surface area contributed by atoms with E-state index in [2.05, 4.69) is 15.6 Å². The van der Waals surface area contributed by atoms with Crippen LogP contribution in [0.25, 0.3) is 0 Å². The molecule has 2 heterocycles. The van der Waals surface area contributed by atoms with Gasteiger partial charge in [0, 0.05) is 25.4 Å². The van der Waals surface area contributed by atoms with Gasteiger partial charge < -0.3 is 14.8 Å². The summed E-state index contributed by atoms with van der Waals surface area (Å²) in [7, 11) is 0. The van der Waals surface area contributed by atoms with E-state index < -0.39 is 0 Å². The van der Waals surface area contributed by atoms with Crippen molar-refractivity contribution in [2.75, 3.05) is 13.2 Å². The van der Waals surface area contributed by atoms with E-state index >= 15 is 0 Å². The molecule has 0 aromatic carbocycles. The molecular formula is C13H22N4O2. The van der Waals surface area contributed by atoms with Crippen LogP contribution >= 0.6 is 0 Å². The number of aromatic nitrogens is 3. The molecule has 2 aliphatic rings. The van der Waals surface area contributed by atoms with Crippen LogP contribution in [-0.2, 0) is 22.6 Å². The summed E-state index contributed by atoms with van der Waals surface area (Å²) in [6, 6.07) is 0.705. The molecule has 0 amide bonds. The average Bonchev–Trinajstić information content (AvgIpc) is 3.17. The highest BCUT2D eigenvalue weighted by molar-refractivity contribution is 4.94. The minimum Gasteiger partial charge on any atom is -0.353 e. The summed E-state index contributed by atoms with van der Waals surface area (Å²) in [5, 5.41) is 11.7. The normalized spacial score (nSPS) is 23.7. The summed E-state index contributed by atoms with van der Waals surface area (Å²) in [5.74, 6) is 0. The lowest BCUT2D eigenvalue weighted by molar-refractivity contribution is -0.163. The molecule has 3 rings (SSSR count). The molecule has 1 atom stereocenters. The Morgan fingerprint density at radius 3 is 3.11 bits per heavy atom. The number of hydrogen-bond donors (Lipinski definition) is 1. The largest absolute Gasteiger partial charge is 0.353 e. The lowest BCUT2D eigenvalue weighted by atomic mass is 10.2. The third-order valence-corrected chi connectivity index (χ3v) is 3.50. The summed E-state index contributed by atoms with van der Waals surface area (Å²) >= 11 is 0. The van der Waals surface area contributed by atoms with Gasteiger partial charge in [0.2, 0.25) is 0 Å². The summed E-state index contributed by atoms with van der Waals surface area (Å²) in [6.07, 6.45) is 7.92. The highest BCUT2D eigenvalue weighted by atomic mass is 16.7. The van der Waals surface area contributed by atoms with Gasteiger partial charge in [-0.05, 0) is 32.1 Å². The summed E-state index contributed by atoms with van der Waals surface area (Å²) in [5.41, 5.74) is 1.00. The van der Waals surface area contributed by atoms with Crippen molar-refractivity contribution in [2.45, 2.75) is 57.5 Å². The minimum absolute atomic E-state index is 0.0201. The van der Waals surface area contributed by atoms with Gasteiger partial charge in [0.1, 0.15) is 0 Å². The van der Waals surface area contributed by atoms with E-state index in [-0.39, 0.29) is 6.29 Å². The molecule has 1 aliphatic heterocycles. The molecule has 1 saturated carbocycles. The first kappa shape index (κ1) is 13.0. The molecule has 1 N–H and O–H groups in total. The fourth-order valence-corrected chi connectivity index (χ4v) is 2.19. The Labute approximate surface area is 113 Å². The van der Waals surface area contributed by atoms with Gasteiger partial charge in [-0.2, -0.15) is 0 Å². The van der Waals surface area contributed by atoms with Crippen LogP contribution in [0.4, 0.5) is 0 Å². The van der Waals surface area contributed by atoms with Gasteiger partial charge in [-0.3, -0.25) is 0 Å². The third kappa shape index (κ3) is 4.26. The smallest absolute Gasteiger partial charge is 0.157 e. The van der Waals surface area contributed by atoms with Gasteiger partial charge in [0.05, 0.1) is 18.8 Å².